The van der Waals surface area contributed by atoms with Crippen molar-refractivity contribution in [3.63, 3.8) is 0 Å². The average molecular weight is 413 g/mol. The number of aromatic nitrogens is 3. The van der Waals surface area contributed by atoms with Gasteiger partial charge in [0.2, 0.25) is 11.9 Å². The largest absolute Gasteiger partial charge is 0.364 e. The SMILES string of the molecule is COCN(COC)c1nc(I)nc(N(COC)COC)n1. The van der Waals surface area contributed by atoms with Crippen LogP contribution in [-0.4, -0.2) is 70.3 Å². The lowest BCUT2D eigenvalue weighted by molar-refractivity contribution is 0.136. The van der Waals surface area contributed by atoms with Gasteiger partial charge in [-0.2, -0.15) is 15.0 Å². The van der Waals surface area contributed by atoms with Crippen molar-refractivity contribution in [2.75, 3.05) is 65.2 Å². The van der Waals surface area contributed by atoms with E-state index in [1.807, 2.05) is 22.6 Å². The first-order chi connectivity index (χ1) is 10.2. The predicted molar refractivity (Wildman–Crippen MR) is 85.0 cm³/mol. The summed E-state index contributed by atoms with van der Waals surface area (Å²) < 4.78 is 21.1. The van der Waals surface area contributed by atoms with Gasteiger partial charge < -0.3 is 18.9 Å². The van der Waals surface area contributed by atoms with Gasteiger partial charge in [-0.25, -0.2) is 0 Å². The Balaban J connectivity index is 3.05. The third-order valence-electron chi connectivity index (χ3n) is 2.29. The van der Waals surface area contributed by atoms with Crippen LogP contribution in [0.5, 0.6) is 0 Å². The number of halogens is 1. The molecule has 1 heterocycles. The average Bonchev–Trinajstić information content (AvgIpc) is 2.46. The van der Waals surface area contributed by atoms with Crippen LogP contribution in [0, 0.1) is 3.83 Å². The zero-order chi connectivity index (χ0) is 15.7. The summed E-state index contributed by atoms with van der Waals surface area (Å²) in [7, 11) is 6.38. The molecule has 9 nitrogen and oxygen atoms in total. The molecule has 0 aliphatic carbocycles. The number of hydrogen-bond donors (Lipinski definition) is 0. The molecule has 0 aromatic carbocycles. The standard InChI is InChI=1S/C11H20IN5O4/c1-18-5-16(6-19-2)10-13-9(12)14-11(15-10)17(7-20-3)8-21-4/h5-8H2,1-4H3. The molecule has 0 saturated heterocycles. The molecule has 10 heteroatoms. The van der Waals surface area contributed by atoms with Crippen molar-refractivity contribution in [1.82, 2.24) is 15.0 Å². The Hall–Kier alpha value is -0.820. The molecule has 1 aromatic rings. The fourth-order valence-corrected chi connectivity index (χ4v) is 1.97. The molecule has 0 aliphatic heterocycles. The number of anilines is 2. The maximum atomic E-state index is 5.13. The van der Waals surface area contributed by atoms with E-state index < -0.39 is 0 Å². The van der Waals surface area contributed by atoms with Gasteiger partial charge in [0, 0.05) is 51.0 Å². The molecule has 0 radical (unpaired) electrons. The highest BCUT2D eigenvalue weighted by atomic mass is 127. The number of ether oxygens (including phenoxy) is 4. The lowest BCUT2D eigenvalue weighted by Gasteiger charge is -2.24. The van der Waals surface area contributed by atoms with Gasteiger partial charge in [0.05, 0.1) is 0 Å². The van der Waals surface area contributed by atoms with E-state index in [4.69, 9.17) is 18.9 Å². The van der Waals surface area contributed by atoms with Gasteiger partial charge in [0.1, 0.15) is 26.9 Å². The van der Waals surface area contributed by atoms with E-state index in [1.54, 1.807) is 38.2 Å². The second-order valence-corrected chi connectivity index (χ2v) is 4.92. The molecular weight excluding hydrogens is 393 g/mol. The molecule has 1 aromatic heterocycles. The van der Waals surface area contributed by atoms with Crippen molar-refractivity contribution in [3.05, 3.63) is 3.83 Å². The highest BCUT2D eigenvalue weighted by molar-refractivity contribution is 14.1. The maximum Gasteiger partial charge on any atom is 0.234 e. The van der Waals surface area contributed by atoms with Crippen LogP contribution < -0.4 is 9.80 Å². The zero-order valence-electron chi connectivity index (χ0n) is 12.6. The van der Waals surface area contributed by atoms with Gasteiger partial charge in [0.25, 0.3) is 0 Å². The van der Waals surface area contributed by atoms with E-state index in [0.717, 1.165) is 0 Å². The number of hydrogen-bond acceptors (Lipinski definition) is 9. The van der Waals surface area contributed by atoms with E-state index in [1.165, 1.54) is 0 Å². The first-order valence-electron chi connectivity index (χ1n) is 6.03. The monoisotopic (exact) mass is 413 g/mol. The Morgan fingerprint density at radius 2 is 1.05 bits per heavy atom. The van der Waals surface area contributed by atoms with E-state index in [9.17, 15) is 0 Å². The molecule has 0 aliphatic rings. The second kappa shape index (κ2) is 10.00. The molecule has 0 amide bonds. The van der Waals surface area contributed by atoms with E-state index >= 15 is 0 Å². The fraction of sp³-hybridized carbons (Fsp3) is 0.727. The highest BCUT2D eigenvalue weighted by Crippen LogP contribution is 2.15. The van der Waals surface area contributed by atoms with Crippen molar-refractivity contribution in [2.45, 2.75) is 0 Å². The summed E-state index contributed by atoms with van der Waals surface area (Å²) in [5.41, 5.74) is 0. The van der Waals surface area contributed by atoms with Crippen molar-refractivity contribution in [2.24, 2.45) is 0 Å². The molecule has 120 valence electrons. The molecule has 0 bridgehead atoms. The second-order valence-electron chi connectivity index (χ2n) is 3.96. The Bertz CT molecular complexity index is 379. The third-order valence-corrected chi connectivity index (χ3v) is 2.77. The van der Waals surface area contributed by atoms with Crippen LogP contribution in [0.25, 0.3) is 0 Å². The number of methoxy groups -OCH3 is 4. The van der Waals surface area contributed by atoms with Gasteiger partial charge >= 0.3 is 0 Å². The molecule has 0 fully saturated rings. The summed E-state index contributed by atoms with van der Waals surface area (Å²) in [6, 6.07) is 0. The first kappa shape index (κ1) is 18.2. The Morgan fingerprint density at radius 3 is 1.33 bits per heavy atom. The van der Waals surface area contributed by atoms with E-state index in [0.29, 0.717) is 42.7 Å². The molecule has 21 heavy (non-hydrogen) atoms. The zero-order valence-corrected chi connectivity index (χ0v) is 14.7. The van der Waals surface area contributed by atoms with Gasteiger partial charge in [-0.1, -0.05) is 0 Å². The lowest BCUT2D eigenvalue weighted by Crippen LogP contribution is -2.33. The molecule has 1 rings (SSSR count). The Labute approximate surface area is 137 Å². The van der Waals surface area contributed by atoms with Crippen molar-refractivity contribution >= 4 is 34.5 Å². The Morgan fingerprint density at radius 1 is 0.714 bits per heavy atom. The van der Waals surface area contributed by atoms with Crippen molar-refractivity contribution in [1.29, 1.82) is 0 Å². The third kappa shape index (κ3) is 5.82. The van der Waals surface area contributed by atoms with Crippen LogP contribution in [0.15, 0.2) is 0 Å². The molecule has 0 spiro atoms. The van der Waals surface area contributed by atoms with Crippen LogP contribution in [0.1, 0.15) is 0 Å². The van der Waals surface area contributed by atoms with Gasteiger partial charge in [0.15, 0.2) is 3.83 Å². The number of rotatable bonds is 10. The van der Waals surface area contributed by atoms with Crippen molar-refractivity contribution < 1.29 is 18.9 Å². The minimum atomic E-state index is 0.307. The van der Waals surface area contributed by atoms with Crippen LogP contribution in [0.4, 0.5) is 11.9 Å². The maximum absolute atomic E-state index is 5.13. The van der Waals surface area contributed by atoms with Crippen molar-refractivity contribution in [3.8, 4) is 0 Å². The normalized spacial score (nSPS) is 10.7. The van der Waals surface area contributed by atoms with Gasteiger partial charge in [-0.05, 0) is 0 Å². The van der Waals surface area contributed by atoms with E-state index in [2.05, 4.69) is 15.0 Å². The molecule has 0 N–H and O–H groups in total. The summed E-state index contributed by atoms with van der Waals surface area (Å²) >= 11 is 2.03. The van der Waals surface area contributed by atoms with Crippen LogP contribution >= 0.6 is 22.6 Å². The van der Waals surface area contributed by atoms with E-state index in [-0.39, 0.29) is 0 Å². The Kier molecular flexibility index (Phi) is 8.68. The summed E-state index contributed by atoms with van der Waals surface area (Å²) in [6.07, 6.45) is 0. The summed E-state index contributed by atoms with van der Waals surface area (Å²) in [4.78, 5) is 16.5. The topological polar surface area (TPSA) is 82.1 Å². The van der Waals surface area contributed by atoms with Gasteiger partial charge in [-0.15, -0.1) is 0 Å². The van der Waals surface area contributed by atoms with Crippen LogP contribution in [0.3, 0.4) is 0 Å². The first-order valence-corrected chi connectivity index (χ1v) is 7.11. The number of nitrogens with zero attached hydrogens (tertiary/aromatic N) is 5. The highest BCUT2D eigenvalue weighted by Gasteiger charge is 2.16. The summed E-state index contributed by atoms with van der Waals surface area (Å²) in [5, 5.41) is 0. The quantitative estimate of drug-likeness (QED) is 0.403. The predicted octanol–water partition coefficient (Wildman–Crippen LogP) is 0.505. The van der Waals surface area contributed by atoms with Gasteiger partial charge in [-0.3, -0.25) is 9.80 Å². The summed E-state index contributed by atoms with van der Waals surface area (Å²) in [5.74, 6) is 0.926. The molecule has 0 atom stereocenters. The minimum absolute atomic E-state index is 0.307. The lowest BCUT2D eigenvalue weighted by atomic mass is 10.7. The summed E-state index contributed by atoms with van der Waals surface area (Å²) in [6.45, 7) is 1.23. The minimum Gasteiger partial charge on any atom is -0.364 e. The molecule has 0 unspecified atom stereocenters. The molecular formula is C11H20IN5O4. The smallest absolute Gasteiger partial charge is 0.234 e. The molecule has 0 saturated carbocycles. The van der Waals surface area contributed by atoms with Crippen LogP contribution in [-0.2, 0) is 18.9 Å². The fourth-order valence-electron chi connectivity index (χ4n) is 1.54. The van der Waals surface area contributed by atoms with Crippen LogP contribution in [0.2, 0.25) is 0 Å².